The average Bonchev–Trinajstić information content (AvgIpc) is 2.50. The van der Waals surface area contributed by atoms with E-state index >= 15 is 0 Å². The number of anilines is 1. The van der Waals surface area contributed by atoms with Crippen molar-refractivity contribution in [1.82, 2.24) is 9.80 Å². The summed E-state index contributed by atoms with van der Waals surface area (Å²) >= 11 is 0. The van der Waals surface area contributed by atoms with Crippen molar-refractivity contribution >= 4 is 11.6 Å². The van der Waals surface area contributed by atoms with Gasteiger partial charge in [-0.1, -0.05) is 26.8 Å². The van der Waals surface area contributed by atoms with Crippen molar-refractivity contribution in [3.63, 3.8) is 0 Å². The molecule has 1 amide bonds. The molecule has 0 aliphatic carbocycles. The Morgan fingerprint density at radius 2 is 1.82 bits per heavy atom. The lowest BCUT2D eigenvalue weighted by Crippen LogP contribution is -2.45. The second-order valence-corrected chi connectivity index (χ2v) is 6.50. The van der Waals surface area contributed by atoms with E-state index in [1.54, 1.807) is 0 Å². The van der Waals surface area contributed by atoms with Gasteiger partial charge in [-0.15, -0.1) is 0 Å². The fourth-order valence-corrected chi connectivity index (χ4v) is 2.74. The standard InChI is InChI=1S/C18H29N3O/c1-5-20-8-10-21(11-9-20)13-16-6-7-17(12-15(16)4)19-18(22)14(2)3/h6-7,12,14H,5,8-11,13H2,1-4H3,(H,19,22). The Hall–Kier alpha value is -1.39. The highest BCUT2D eigenvalue weighted by Crippen LogP contribution is 2.18. The molecule has 0 spiro atoms. The van der Waals surface area contributed by atoms with Gasteiger partial charge in [0.1, 0.15) is 0 Å². The van der Waals surface area contributed by atoms with Crippen LogP contribution in [0.5, 0.6) is 0 Å². The van der Waals surface area contributed by atoms with Gasteiger partial charge in [0.05, 0.1) is 0 Å². The first-order chi connectivity index (χ1) is 10.5. The number of rotatable bonds is 5. The maximum atomic E-state index is 11.8. The van der Waals surface area contributed by atoms with E-state index in [4.69, 9.17) is 0 Å². The lowest BCUT2D eigenvalue weighted by Gasteiger charge is -2.34. The molecule has 1 aromatic rings. The van der Waals surface area contributed by atoms with Crippen LogP contribution in [0.3, 0.4) is 0 Å². The van der Waals surface area contributed by atoms with Crippen LogP contribution in [0, 0.1) is 12.8 Å². The molecule has 1 aromatic carbocycles. The molecule has 0 saturated carbocycles. The summed E-state index contributed by atoms with van der Waals surface area (Å²) in [4.78, 5) is 16.8. The molecule has 1 aliphatic heterocycles. The third-order valence-corrected chi connectivity index (χ3v) is 4.44. The number of carbonyl (C=O) groups is 1. The van der Waals surface area contributed by atoms with Gasteiger partial charge in [-0.2, -0.15) is 0 Å². The number of likely N-dealkylation sites (N-methyl/N-ethyl adjacent to an activating group) is 1. The summed E-state index contributed by atoms with van der Waals surface area (Å²) < 4.78 is 0. The average molecular weight is 303 g/mol. The van der Waals surface area contributed by atoms with Crippen molar-refractivity contribution in [2.45, 2.75) is 34.2 Å². The zero-order valence-corrected chi connectivity index (χ0v) is 14.4. The second kappa shape index (κ2) is 7.75. The van der Waals surface area contributed by atoms with Crippen LogP contribution in [0.25, 0.3) is 0 Å². The van der Waals surface area contributed by atoms with Crippen molar-refractivity contribution < 1.29 is 4.79 Å². The highest BCUT2D eigenvalue weighted by molar-refractivity contribution is 5.92. The number of nitrogens with zero attached hydrogens (tertiary/aromatic N) is 2. The minimum atomic E-state index is 0.00911. The summed E-state index contributed by atoms with van der Waals surface area (Å²) in [7, 11) is 0. The minimum Gasteiger partial charge on any atom is -0.326 e. The monoisotopic (exact) mass is 303 g/mol. The Labute approximate surface area is 134 Å². The summed E-state index contributed by atoms with van der Waals surface area (Å²) in [5, 5.41) is 2.97. The second-order valence-electron chi connectivity index (χ2n) is 6.50. The summed E-state index contributed by atoms with van der Waals surface area (Å²) in [6.45, 7) is 14.9. The Morgan fingerprint density at radius 1 is 1.18 bits per heavy atom. The van der Waals surface area contributed by atoms with E-state index in [1.807, 2.05) is 19.9 Å². The first-order valence-electron chi connectivity index (χ1n) is 8.34. The molecule has 4 nitrogen and oxygen atoms in total. The molecule has 1 fully saturated rings. The number of benzene rings is 1. The molecule has 0 bridgehead atoms. The van der Waals surface area contributed by atoms with Gasteiger partial charge in [-0.25, -0.2) is 0 Å². The van der Waals surface area contributed by atoms with Crippen LogP contribution >= 0.6 is 0 Å². The van der Waals surface area contributed by atoms with Gasteiger partial charge < -0.3 is 10.2 Å². The van der Waals surface area contributed by atoms with Gasteiger partial charge in [-0.05, 0) is 36.7 Å². The highest BCUT2D eigenvalue weighted by atomic mass is 16.1. The maximum absolute atomic E-state index is 11.8. The van der Waals surface area contributed by atoms with Crippen molar-refractivity contribution in [2.24, 2.45) is 5.92 Å². The zero-order chi connectivity index (χ0) is 16.1. The minimum absolute atomic E-state index is 0.00911. The third kappa shape index (κ3) is 4.55. The molecule has 0 atom stereocenters. The Bertz CT molecular complexity index is 505. The molecule has 0 unspecified atom stereocenters. The number of carbonyl (C=O) groups excluding carboxylic acids is 1. The fraction of sp³-hybridized carbons (Fsp3) is 0.611. The van der Waals surface area contributed by atoms with Gasteiger partial charge in [0.25, 0.3) is 0 Å². The van der Waals surface area contributed by atoms with Crippen LogP contribution in [0.4, 0.5) is 5.69 Å². The molecule has 4 heteroatoms. The quantitative estimate of drug-likeness (QED) is 0.908. The first-order valence-corrected chi connectivity index (χ1v) is 8.34. The molecule has 2 rings (SSSR count). The van der Waals surface area contributed by atoms with E-state index < -0.39 is 0 Å². The van der Waals surface area contributed by atoms with Gasteiger partial charge in [0, 0.05) is 44.3 Å². The SMILES string of the molecule is CCN1CCN(Cc2ccc(NC(=O)C(C)C)cc2C)CC1. The van der Waals surface area contributed by atoms with Crippen LogP contribution in [0.1, 0.15) is 31.9 Å². The third-order valence-electron chi connectivity index (χ3n) is 4.44. The molecule has 1 aliphatic rings. The number of piperazine rings is 1. The Kier molecular flexibility index (Phi) is 5.98. The molecular weight excluding hydrogens is 274 g/mol. The molecule has 1 heterocycles. The lowest BCUT2D eigenvalue weighted by atomic mass is 10.1. The Balaban J connectivity index is 1.94. The van der Waals surface area contributed by atoms with E-state index in [0.29, 0.717) is 0 Å². The van der Waals surface area contributed by atoms with E-state index in [9.17, 15) is 4.79 Å². The predicted molar refractivity (Wildman–Crippen MR) is 92.0 cm³/mol. The van der Waals surface area contributed by atoms with E-state index in [-0.39, 0.29) is 11.8 Å². The van der Waals surface area contributed by atoms with Crippen molar-refractivity contribution in [3.8, 4) is 0 Å². The number of aryl methyl sites for hydroxylation is 1. The summed E-state index contributed by atoms with van der Waals surface area (Å²) in [6, 6.07) is 6.25. The van der Waals surface area contributed by atoms with Crippen LogP contribution in [-0.2, 0) is 11.3 Å². The van der Waals surface area contributed by atoms with Gasteiger partial charge in [0.2, 0.25) is 5.91 Å². The van der Waals surface area contributed by atoms with Gasteiger partial charge in [0.15, 0.2) is 0 Å². The topological polar surface area (TPSA) is 35.6 Å². The van der Waals surface area contributed by atoms with Crippen molar-refractivity contribution in [3.05, 3.63) is 29.3 Å². The largest absolute Gasteiger partial charge is 0.326 e. The fourth-order valence-electron chi connectivity index (χ4n) is 2.74. The number of hydrogen-bond acceptors (Lipinski definition) is 3. The number of hydrogen-bond donors (Lipinski definition) is 1. The molecular formula is C18H29N3O. The van der Waals surface area contributed by atoms with Crippen LogP contribution in [-0.4, -0.2) is 48.4 Å². The highest BCUT2D eigenvalue weighted by Gasteiger charge is 2.16. The molecule has 1 saturated heterocycles. The zero-order valence-electron chi connectivity index (χ0n) is 14.4. The summed E-state index contributed by atoms with van der Waals surface area (Å²) in [5.74, 6) is 0.0812. The van der Waals surface area contributed by atoms with Gasteiger partial charge in [-0.3, -0.25) is 9.69 Å². The first kappa shape index (κ1) is 17.0. The van der Waals surface area contributed by atoms with Crippen LogP contribution in [0.2, 0.25) is 0 Å². The normalized spacial score (nSPS) is 17.0. The number of nitrogens with one attached hydrogen (secondary N) is 1. The number of amides is 1. The van der Waals surface area contributed by atoms with Gasteiger partial charge >= 0.3 is 0 Å². The molecule has 1 N–H and O–H groups in total. The van der Waals surface area contributed by atoms with E-state index in [1.165, 1.54) is 11.1 Å². The smallest absolute Gasteiger partial charge is 0.226 e. The molecule has 22 heavy (non-hydrogen) atoms. The molecule has 0 aromatic heterocycles. The molecule has 0 radical (unpaired) electrons. The summed E-state index contributed by atoms with van der Waals surface area (Å²) in [6.07, 6.45) is 0. The summed E-state index contributed by atoms with van der Waals surface area (Å²) in [5.41, 5.74) is 3.50. The van der Waals surface area contributed by atoms with E-state index in [0.717, 1.165) is 45.0 Å². The van der Waals surface area contributed by atoms with E-state index in [2.05, 4.69) is 41.1 Å². The van der Waals surface area contributed by atoms with Crippen molar-refractivity contribution in [2.75, 3.05) is 38.0 Å². The lowest BCUT2D eigenvalue weighted by molar-refractivity contribution is -0.118. The van der Waals surface area contributed by atoms with Crippen LogP contribution in [0.15, 0.2) is 18.2 Å². The van der Waals surface area contributed by atoms with Crippen molar-refractivity contribution in [1.29, 1.82) is 0 Å². The Morgan fingerprint density at radius 3 is 2.36 bits per heavy atom. The maximum Gasteiger partial charge on any atom is 0.226 e. The predicted octanol–water partition coefficient (Wildman–Crippen LogP) is 2.73. The molecule has 122 valence electrons. The van der Waals surface area contributed by atoms with Crippen LogP contribution < -0.4 is 5.32 Å².